The Balaban J connectivity index is 1.87. The third kappa shape index (κ3) is 3.28. The summed E-state index contributed by atoms with van der Waals surface area (Å²) in [6.45, 7) is 3.01. The van der Waals surface area contributed by atoms with Crippen LogP contribution in [0.5, 0.6) is 0 Å². The zero-order valence-electron chi connectivity index (χ0n) is 10.8. The molecular weight excluding hydrogens is 212 g/mol. The Morgan fingerprint density at radius 2 is 2.06 bits per heavy atom. The summed E-state index contributed by atoms with van der Waals surface area (Å²) in [4.78, 5) is 4.60. The van der Waals surface area contributed by atoms with E-state index in [-0.39, 0.29) is 0 Å². The maximum absolute atomic E-state index is 5.49. The Bertz CT molecular complexity index is 326. The Labute approximate surface area is 103 Å². The lowest BCUT2D eigenvalue weighted by Gasteiger charge is -2.25. The lowest BCUT2D eigenvalue weighted by molar-refractivity contribution is 0.312. The Kier molecular flexibility index (Phi) is 4.54. The van der Waals surface area contributed by atoms with Crippen LogP contribution < -0.4 is 5.73 Å². The van der Waals surface area contributed by atoms with Crippen LogP contribution in [0.1, 0.15) is 63.0 Å². The lowest BCUT2D eigenvalue weighted by Crippen LogP contribution is -2.13. The molecule has 3 N–H and O–H groups in total. The van der Waals surface area contributed by atoms with Crippen LogP contribution >= 0.6 is 0 Å². The van der Waals surface area contributed by atoms with E-state index in [2.05, 4.69) is 22.1 Å². The van der Waals surface area contributed by atoms with Crippen molar-refractivity contribution in [2.24, 2.45) is 11.7 Å². The van der Waals surface area contributed by atoms with E-state index >= 15 is 0 Å². The molecule has 1 aromatic rings. The lowest BCUT2D eigenvalue weighted by atomic mass is 9.80. The van der Waals surface area contributed by atoms with Crippen LogP contribution in [0, 0.1) is 5.92 Å². The largest absolute Gasteiger partial charge is 0.330 e. The molecule has 0 aliphatic heterocycles. The van der Waals surface area contributed by atoms with Crippen LogP contribution in [0.4, 0.5) is 0 Å². The molecule has 0 radical (unpaired) electrons. The first kappa shape index (κ1) is 12.6. The number of H-pyrrole nitrogens is 1. The Hall–Kier alpha value is -0.900. The number of hydrogen-bond donors (Lipinski definition) is 2. The van der Waals surface area contributed by atoms with Gasteiger partial charge in [0.05, 0.1) is 0 Å². The van der Waals surface area contributed by atoms with Crippen LogP contribution in [0.25, 0.3) is 0 Å². The summed E-state index contributed by atoms with van der Waals surface area (Å²) < 4.78 is 0. The molecule has 1 aliphatic carbocycles. The number of aromatic amines is 1. The third-order valence-corrected chi connectivity index (χ3v) is 3.96. The average molecular weight is 236 g/mol. The van der Waals surface area contributed by atoms with Gasteiger partial charge in [-0.15, -0.1) is 0 Å². The quantitative estimate of drug-likeness (QED) is 0.824. The van der Waals surface area contributed by atoms with Crippen molar-refractivity contribution in [2.75, 3.05) is 6.54 Å². The molecule has 2 rings (SSSR count). The van der Waals surface area contributed by atoms with E-state index in [1.165, 1.54) is 32.1 Å². The minimum atomic E-state index is 0.584. The topological polar surface area (TPSA) is 67.6 Å². The summed E-state index contributed by atoms with van der Waals surface area (Å²) in [5.74, 6) is 3.55. The van der Waals surface area contributed by atoms with Gasteiger partial charge < -0.3 is 5.73 Å². The predicted octanol–water partition coefficient (Wildman–Crippen LogP) is 2.38. The number of nitrogens with one attached hydrogen (secondary N) is 1. The smallest absolute Gasteiger partial charge is 0.153 e. The van der Waals surface area contributed by atoms with E-state index in [4.69, 9.17) is 5.73 Å². The number of aryl methyl sites for hydroxylation is 1. The van der Waals surface area contributed by atoms with Crippen molar-refractivity contribution in [3.63, 3.8) is 0 Å². The molecule has 0 amide bonds. The van der Waals surface area contributed by atoms with Crippen molar-refractivity contribution in [2.45, 2.75) is 57.8 Å². The van der Waals surface area contributed by atoms with Gasteiger partial charge in [0.1, 0.15) is 5.82 Å². The highest BCUT2D eigenvalue weighted by atomic mass is 15.2. The fourth-order valence-corrected chi connectivity index (χ4v) is 2.70. The summed E-state index contributed by atoms with van der Waals surface area (Å²) in [7, 11) is 0. The molecule has 1 aliphatic rings. The zero-order chi connectivity index (χ0) is 12.1. The van der Waals surface area contributed by atoms with Gasteiger partial charge >= 0.3 is 0 Å². The highest BCUT2D eigenvalue weighted by Crippen LogP contribution is 2.35. The molecule has 4 heteroatoms. The molecule has 0 aromatic carbocycles. The third-order valence-electron chi connectivity index (χ3n) is 3.96. The summed E-state index contributed by atoms with van der Waals surface area (Å²) >= 11 is 0. The standard InChI is InChI=1S/C13H24N4/c1-2-10-5-7-11(8-6-10)13-15-12(16-17-13)4-3-9-14/h10-11H,2-9,14H2,1H3,(H,15,16,17). The second-order valence-corrected chi connectivity index (χ2v) is 5.16. The highest BCUT2D eigenvalue weighted by Gasteiger charge is 2.24. The minimum Gasteiger partial charge on any atom is -0.330 e. The Morgan fingerprint density at radius 1 is 1.29 bits per heavy atom. The van der Waals surface area contributed by atoms with Crippen molar-refractivity contribution in [3.05, 3.63) is 11.6 Å². The SMILES string of the molecule is CCC1CCC(c2n[nH]c(CCCN)n2)CC1. The fourth-order valence-electron chi connectivity index (χ4n) is 2.70. The first-order chi connectivity index (χ1) is 8.33. The molecule has 0 bridgehead atoms. The van der Waals surface area contributed by atoms with Gasteiger partial charge in [-0.25, -0.2) is 4.98 Å². The maximum atomic E-state index is 5.49. The Morgan fingerprint density at radius 3 is 2.71 bits per heavy atom. The van der Waals surface area contributed by atoms with Gasteiger partial charge in [0, 0.05) is 12.3 Å². The summed E-state index contributed by atoms with van der Waals surface area (Å²) in [5.41, 5.74) is 5.49. The highest BCUT2D eigenvalue weighted by molar-refractivity contribution is 4.99. The van der Waals surface area contributed by atoms with Crippen molar-refractivity contribution in [3.8, 4) is 0 Å². The monoisotopic (exact) mass is 236 g/mol. The van der Waals surface area contributed by atoms with Gasteiger partial charge in [0.2, 0.25) is 0 Å². The number of rotatable bonds is 5. The molecule has 0 spiro atoms. The molecule has 1 heterocycles. The van der Waals surface area contributed by atoms with Crippen LogP contribution in [0.3, 0.4) is 0 Å². The maximum Gasteiger partial charge on any atom is 0.153 e. The van der Waals surface area contributed by atoms with Crippen molar-refractivity contribution < 1.29 is 0 Å². The second-order valence-electron chi connectivity index (χ2n) is 5.16. The summed E-state index contributed by atoms with van der Waals surface area (Å²) in [5, 5.41) is 7.41. The molecule has 96 valence electrons. The van der Waals surface area contributed by atoms with Gasteiger partial charge in [0.25, 0.3) is 0 Å². The number of aromatic nitrogens is 3. The van der Waals surface area contributed by atoms with E-state index in [1.54, 1.807) is 0 Å². The first-order valence-corrected chi connectivity index (χ1v) is 6.94. The zero-order valence-corrected chi connectivity index (χ0v) is 10.8. The normalized spacial score (nSPS) is 25.1. The van der Waals surface area contributed by atoms with Gasteiger partial charge in [-0.05, 0) is 44.6 Å². The van der Waals surface area contributed by atoms with Gasteiger partial charge in [-0.3, -0.25) is 5.10 Å². The van der Waals surface area contributed by atoms with E-state index in [9.17, 15) is 0 Å². The van der Waals surface area contributed by atoms with E-state index in [0.717, 1.165) is 37.0 Å². The molecular formula is C13H24N4. The second kappa shape index (κ2) is 6.15. The fraction of sp³-hybridized carbons (Fsp3) is 0.846. The van der Waals surface area contributed by atoms with Crippen molar-refractivity contribution in [1.29, 1.82) is 0 Å². The molecule has 4 nitrogen and oxygen atoms in total. The van der Waals surface area contributed by atoms with Crippen molar-refractivity contribution >= 4 is 0 Å². The molecule has 1 aromatic heterocycles. The number of hydrogen-bond acceptors (Lipinski definition) is 3. The number of nitrogens with zero attached hydrogens (tertiary/aromatic N) is 2. The molecule has 1 saturated carbocycles. The minimum absolute atomic E-state index is 0.584. The van der Waals surface area contributed by atoms with Crippen LogP contribution in [0.15, 0.2) is 0 Å². The van der Waals surface area contributed by atoms with E-state index < -0.39 is 0 Å². The van der Waals surface area contributed by atoms with Gasteiger partial charge in [-0.1, -0.05) is 13.3 Å². The summed E-state index contributed by atoms with van der Waals surface area (Å²) in [6, 6.07) is 0. The number of nitrogens with two attached hydrogens (primary N) is 1. The molecule has 0 atom stereocenters. The van der Waals surface area contributed by atoms with Crippen molar-refractivity contribution in [1.82, 2.24) is 15.2 Å². The van der Waals surface area contributed by atoms with Gasteiger partial charge in [0.15, 0.2) is 5.82 Å². The average Bonchev–Trinajstić information content (AvgIpc) is 2.85. The van der Waals surface area contributed by atoms with E-state index in [0.29, 0.717) is 5.92 Å². The summed E-state index contributed by atoms with van der Waals surface area (Å²) in [6.07, 6.45) is 8.43. The first-order valence-electron chi connectivity index (χ1n) is 6.94. The molecule has 0 unspecified atom stereocenters. The predicted molar refractivity (Wildman–Crippen MR) is 68.7 cm³/mol. The van der Waals surface area contributed by atoms with E-state index in [1.807, 2.05) is 0 Å². The molecule has 17 heavy (non-hydrogen) atoms. The van der Waals surface area contributed by atoms with Crippen LogP contribution in [0.2, 0.25) is 0 Å². The van der Waals surface area contributed by atoms with Gasteiger partial charge in [-0.2, -0.15) is 5.10 Å². The molecule has 1 fully saturated rings. The molecule has 0 saturated heterocycles. The van der Waals surface area contributed by atoms with Crippen LogP contribution in [-0.4, -0.2) is 21.7 Å². The van der Waals surface area contributed by atoms with Crippen LogP contribution in [-0.2, 0) is 6.42 Å².